The maximum absolute atomic E-state index is 10.8. The van der Waals surface area contributed by atoms with Crippen molar-refractivity contribution in [3.05, 3.63) is 11.6 Å². The molecule has 2 amide bonds. The van der Waals surface area contributed by atoms with E-state index in [1.807, 2.05) is 13.0 Å². The summed E-state index contributed by atoms with van der Waals surface area (Å²) in [5, 5.41) is 5.47. The minimum Gasteiger partial charge on any atom is -0.328 e. The molecule has 2 aliphatic heterocycles. The van der Waals surface area contributed by atoms with Gasteiger partial charge in [0.15, 0.2) is 0 Å². The van der Waals surface area contributed by atoms with Gasteiger partial charge in [-0.25, -0.2) is 4.79 Å². The first-order valence-electron chi connectivity index (χ1n) is 3.54. The number of aliphatic imine (C=N–C) groups is 1. The molecule has 0 bridgehead atoms. The van der Waals surface area contributed by atoms with Crippen LogP contribution in [0.3, 0.4) is 0 Å². The topological polar surface area (TPSA) is 53.5 Å². The zero-order valence-corrected chi connectivity index (χ0v) is 6.16. The Hall–Kier alpha value is -1.32. The minimum atomic E-state index is -0.133. The highest BCUT2D eigenvalue weighted by Gasteiger charge is 2.32. The van der Waals surface area contributed by atoms with Gasteiger partial charge in [0.2, 0.25) is 0 Å². The van der Waals surface area contributed by atoms with Crippen molar-refractivity contribution in [1.29, 1.82) is 0 Å². The molecule has 0 saturated carbocycles. The van der Waals surface area contributed by atoms with Gasteiger partial charge in [-0.1, -0.05) is 0 Å². The molecule has 0 spiro atoms. The van der Waals surface area contributed by atoms with Crippen molar-refractivity contribution in [3.8, 4) is 0 Å². The average Bonchev–Trinajstić information content (AvgIpc) is 2.31. The van der Waals surface area contributed by atoms with Crippen LogP contribution in [-0.4, -0.2) is 24.5 Å². The highest BCUT2D eigenvalue weighted by atomic mass is 16.2. The van der Waals surface area contributed by atoms with E-state index in [1.54, 1.807) is 6.21 Å². The van der Waals surface area contributed by atoms with E-state index < -0.39 is 0 Å². The molecule has 4 nitrogen and oxygen atoms in total. The van der Waals surface area contributed by atoms with E-state index in [2.05, 4.69) is 15.6 Å². The molecule has 2 unspecified atom stereocenters. The van der Waals surface area contributed by atoms with Gasteiger partial charge in [0.05, 0.1) is 6.04 Å². The summed E-state index contributed by atoms with van der Waals surface area (Å²) in [6, 6.07) is -0.0701. The first-order chi connectivity index (χ1) is 5.27. The molecular formula is C7H9N3O. The van der Waals surface area contributed by atoms with Gasteiger partial charge in [-0.2, -0.15) is 0 Å². The van der Waals surface area contributed by atoms with Crippen LogP contribution >= 0.6 is 0 Å². The molecular weight excluding hydrogens is 142 g/mol. The van der Waals surface area contributed by atoms with Gasteiger partial charge < -0.3 is 10.6 Å². The van der Waals surface area contributed by atoms with E-state index >= 15 is 0 Å². The number of carbonyl (C=O) groups is 1. The molecule has 1 saturated heterocycles. The Kier molecular flexibility index (Phi) is 1.21. The summed E-state index contributed by atoms with van der Waals surface area (Å²) in [6.07, 6.45) is 3.55. The predicted molar refractivity (Wildman–Crippen MR) is 41.5 cm³/mol. The number of hydrogen-bond acceptors (Lipinski definition) is 2. The van der Waals surface area contributed by atoms with Crippen molar-refractivity contribution in [2.24, 2.45) is 4.99 Å². The largest absolute Gasteiger partial charge is 0.328 e. The smallest absolute Gasteiger partial charge is 0.317 e. The van der Waals surface area contributed by atoms with Gasteiger partial charge in [0.1, 0.15) is 6.17 Å². The third-order valence-electron chi connectivity index (χ3n) is 1.96. The summed E-state index contributed by atoms with van der Waals surface area (Å²) in [5.74, 6) is 0. The normalized spacial score (nSPS) is 33.9. The quantitative estimate of drug-likeness (QED) is 0.504. The zero-order chi connectivity index (χ0) is 7.84. The monoisotopic (exact) mass is 151 g/mol. The molecule has 4 heteroatoms. The van der Waals surface area contributed by atoms with Crippen LogP contribution in [0.1, 0.15) is 6.92 Å². The van der Waals surface area contributed by atoms with Crippen LogP contribution in [0.5, 0.6) is 0 Å². The van der Waals surface area contributed by atoms with Crippen LogP contribution in [-0.2, 0) is 0 Å². The van der Waals surface area contributed by atoms with E-state index in [1.165, 1.54) is 0 Å². The van der Waals surface area contributed by atoms with E-state index in [4.69, 9.17) is 0 Å². The number of urea groups is 1. The fourth-order valence-electron chi connectivity index (χ4n) is 1.32. The fraction of sp³-hybridized carbons (Fsp3) is 0.429. The van der Waals surface area contributed by atoms with Gasteiger partial charge in [-0.15, -0.1) is 0 Å². The summed E-state index contributed by atoms with van der Waals surface area (Å²) in [7, 11) is 0. The highest BCUT2D eigenvalue weighted by molar-refractivity contribution is 5.82. The number of amides is 2. The first-order valence-corrected chi connectivity index (χ1v) is 3.54. The van der Waals surface area contributed by atoms with E-state index in [-0.39, 0.29) is 18.2 Å². The average molecular weight is 151 g/mol. The van der Waals surface area contributed by atoms with Crippen molar-refractivity contribution in [3.63, 3.8) is 0 Å². The first kappa shape index (κ1) is 6.39. The van der Waals surface area contributed by atoms with Gasteiger partial charge >= 0.3 is 6.03 Å². The Labute approximate surface area is 64.4 Å². The van der Waals surface area contributed by atoms with Gasteiger partial charge in [-0.05, 0) is 18.6 Å². The van der Waals surface area contributed by atoms with Crippen LogP contribution in [0, 0.1) is 0 Å². The zero-order valence-electron chi connectivity index (χ0n) is 6.16. The second-order valence-electron chi connectivity index (χ2n) is 2.75. The Morgan fingerprint density at radius 3 is 3.09 bits per heavy atom. The van der Waals surface area contributed by atoms with Crippen LogP contribution in [0.25, 0.3) is 0 Å². The van der Waals surface area contributed by atoms with Crippen LogP contribution < -0.4 is 10.6 Å². The number of rotatable bonds is 0. The Bertz CT molecular complexity index is 256. The second-order valence-corrected chi connectivity index (χ2v) is 2.75. The van der Waals surface area contributed by atoms with Crippen LogP contribution in [0.15, 0.2) is 16.6 Å². The molecule has 0 aromatic rings. The lowest BCUT2D eigenvalue weighted by molar-refractivity contribution is 0.247. The standard InChI is InChI=1S/C7H9N3O/c1-4-2-3-8-6-5(4)9-7(11)10-6/h2-3,5-6H,1H3,(H2,9,10,11). The third-order valence-corrected chi connectivity index (χ3v) is 1.96. The number of carbonyl (C=O) groups excluding carboxylic acids is 1. The van der Waals surface area contributed by atoms with Gasteiger partial charge in [0, 0.05) is 6.21 Å². The summed E-state index contributed by atoms with van der Waals surface area (Å²) >= 11 is 0. The molecule has 2 aliphatic rings. The number of nitrogens with zero attached hydrogens (tertiary/aromatic N) is 1. The van der Waals surface area contributed by atoms with Crippen molar-refractivity contribution in [1.82, 2.24) is 10.6 Å². The van der Waals surface area contributed by atoms with Crippen molar-refractivity contribution < 1.29 is 4.79 Å². The lowest BCUT2D eigenvalue weighted by Gasteiger charge is -2.17. The summed E-state index contributed by atoms with van der Waals surface area (Å²) in [4.78, 5) is 14.9. The third kappa shape index (κ3) is 0.906. The maximum atomic E-state index is 10.8. The van der Waals surface area contributed by atoms with Crippen molar-refractivity contribution in [2.45, 2.75) is 19.1 Å². The lowest BCUT2D eigenvalue weighted by Crippen LogP contribution is -2.34. The molecule has 0 aromatic carbocycles. The number of fused-ring (bicyclic) bond motifs is 1. The molecule has 0 aliphatic carbocycles. The van der Waals surface area contributed by atoms with E-state index in [0.717, 1.165) is 5.57 Å². The Morgan fingerprint density at radius 1 is 1.55 bits per heavy atom. The Balaban J connectivity index is 2.27. The molecule has 11 heavy (non-hydrogen) atoms. The lowest BCUT2D eigenvalue weighted by atomic mass is 10.1. The van der Waals surface area contributed by atoms with Gasteiger partial charge in [0.25, 0.3) is 0 Å². The Morgan fingerprint density at radius 2 is 2.36 bits per heavy atom. The number of dihydropyridines is 1. The molecule has 2 N–H and O–H groups in total. The molecule has 0 aromatic heterocycles. The van der Waals surface area contributed by atoms with Crippen molar-refractivity contribution >= 4 is 12.2 Å². The molecule has 2 rings (SSSR count). The predicted octanol–water partition coefficient (Wildman–Crippen LogP) is 0.0246. The second kappa shape index (κ2) is 2.08. The van der Waals surface area contributed by atoms with Crippen LogP contribution in [0.2, 0.25) is 0 Å². The molecule has 2 atom stereocenters. The van der Waals surface area contributed by atoms with Gasteiger partial charge in [-0.3, -0.25) is 4.99 Å². The summed E-state index contributed by atoms with van der Waals surface area (Å²) in [6.45, 7) is 1.98. The van der Waals surface area contributed by atoms with Crippen molar-refractivity contribution in [2.75, 3.05) is 0 Å². The molecule has 58 valence electrons. The molecule has 1 fully saturated rings. The minimum absolute atomic E-state index is 0.0625. The summed E-state index contributed by atoms with van der Waals surface area (Å²) < 4.78 is 0. The fourth-order valence-corrected chi connectivity index (χ4v) is 1.32. The number of hydrogen-bond donors (Lipinski definition) is 2. The summed E-state index contributed by atoms with van der Waals surface area (Å²) in [5.41, 5.74) is 1.14. The number of nitrogens with one attached hydrogen (secondary N) is 2. The highest BCUT2D eigenvalue weighted by Crippen LogP contribution is 2.14. The van der Waals surface area contributed by atoms with E-state index in [0.29, 0.717) is 0 Å². The molecule has 2 heterocycles. The molecule has 0 radical (unpaired) electrons. The SMILES string of the molecule is CC1=CC=NC2NC(=O)NC12. The van der Waals surface area contributed by atoms with E-state index in [9.17, 15) is 4.79 Å². The maximum Gasteiger partial charge on any atom is 0.317 e. The van der Waals surface area contributed by atoms with Crippen LogP contribution in [0.4, 0.5) is 4.79 Å². The number of allylic oxidation sites excluding steroid dienone is 1.